The van der Waals surface area contributed by atoms with E-state index in [-0.39, 0.29) is 6.61 Å². The lowest BCUT2D eigenvalue weighted by Gasteiger charge is -2.21. The SMILES string of the molecule is Cc1cccc(-c2cnn(-c3nc4c(c(N(C)CCOCC=O)n3)CC(C(N)=O)=C4)c2)c1. The van der Waals surface area contributed by atoms with Crippen molar-refractivity contribution >= 4 is 24.1 Å². The Morgan fingerprint density at radius 3 is 2.91 bits per heavy atom. The van der Waals surface area contributed by atoms with E-state index in [9.17, 15) is 9.59 Å². The van der Waals surface area contributed by atoms with Crippen LogP contribution in [-0.2, 0) is 20.7 Å². The number of amides is 1. The molecule has 1 amide bonds. The van der Waals surface area contributed by atoms with Crippen LogP contribution in [0.15, 0.2) is 42.2 Å². The summed E-state index contributed by atoms with van der Waals surface area (Å²) < 4.78 is 6.89. The Balaban J connectivity index is 1.69. The molecule has 0 saturated heterocycles. The van der Waals surface area contributed by atoms with Gasteiger partial charge in [0, 0.05) is 42.9 Å². The number of aldehydes is 1. The molecule has 1 aliphatic rings. The molecule has 0 aliphatic heterocycles. The van der Waals surface area contributed by atoms with Crippen LogP contribution in [0, 0.1) is 6.92 Å². The smallest absolute Gasteiger partial charge is 0.253 e. The van der Waals surface area contributed by atoms with Crippen LogP contribution in [0.2, 0.25) is 0 Å². The number of anilines is 1. The van der Waals surface area contributed by atoms with Gasteiger partial charge in [0.15, 0.2) is 0 Å². The molecular weight excluding hydrogens is 408 g/mol. The van der Waals surface area contributed by atoms with Crippen molar-refractivity contribution in [1.82, 2.24) is 19.7 Å². The molecule has 0 fully saturated rings. The van der Waals surface area contributed by atoms with Crippen molar-refractivity contribution in [2.24, 2.45) is 5.73 Å². The molecule has 0 unspecified atom stereocenters. The molecule has 0 atom stereocenters. The summed E-state index contributed by atoms with van der Waals surface area (Å²) in [6, 6.07) is 8.16. The van der Waals surface area contributed by atoms with Crippen molar-refractivity contribution in [2.45, 2.75) is 13.3 Å². The fraction of sp³-hybridized carbons (Fsp3) is 0.261. The average Bonchev–Trinajstić information content (AvgIpc) is 3.43. The zero-order valence-corrected chi connectivity index (χ0v) is 18.0. The van der Waals surface area contributed by atoms with Gasteiger partial charge in [-0.05, 0) is 18.6 Å². The van der Waals surface area contributed by atoms with Crippen molar-refractivity contribution in [3.05, 3.63) is 59.1 Å². The number of nitrogens with two attached hydrogens (primary N) is 1. The van der Waals surface area contributed by atoms with Gasteiger partial charge in [-0.15, -0.1) is 0 Å². The Labute approximate surface area is 185 Å². The number of carbonyl (C=O) groups is 2. The highest BCUT2D eigenvalue weighted by Crippen LogP contribution is 2.31. The monoisotopic (exact) mass is 432 g/mol. The summed E-state index contributed by atoms with van der Waals surface area (Å²) in [4.78, 5) is 33.5. The van der Waals surface area contributed by atoms with Gasteiger partial charge in [0.2, 0.25) is 5.91 Å². The molecule has 0 radical (unpaired) electrons. The number of nitrogens with zero attached hydrogens (tertiary/aromatic N) is 5. The topological polar surface area (TPSA) is 116 Å². The second-order valence-electron chi connectivity index (χ2n) is 7.63. The fourth-order valence-corrected chi connectivity index (χ4v) is 3.59. The average molecular weight is 432 g/mol. The molecule has 1 aliphatic carbocycles. The Morgan fingerprint density at radius 1 is 1.31 bits per heavy atom. The van der Waals surface area contributed by atoms with Crippen LogP contribution in [0.3, 0.4) is 0 Å². The van der Waals surface area contributed by atoms with E-state index in [1.165, 1.54) is 0 Å². The number of ether oxygens (including phenoxy) is 1. The fourth-order valence-electron chi connectivity index (χ4n) is 3.59. The van der Waals surface area contributed by atoms with Gasteiger partial charge in [-0.25, -0.2) is 9.67 Å². The number of hydrogen-bond donors (Lipinski definition) is 1. The van der Waals surface area contributed by atoms with Gasteiger partial charge in [-0.1, -0.05) is 29.8 Å². The Hall–Kier alpha value is -3.85. The minimum absolute atomic E-state index is 0.0450. The predicted octanol–water partition coefficient (Wildman–Crippen LogP) is 1.71. The number of hydrogen-bond acceptors (Lipinski definition) is 7. The molecule has 9 nitrogen and oxygen atoms in total. The van der Waals surface area contributed by atoms with Gasteiger partial charge in [-0.3, -0.25) is 4.79 Å². The van der Waals surface area contributed by atoms with Gasteiger partial charge in [0.25, 0.3) is 5.95 Å². The molecule has 0 bridgehead atoms. The van der Waals surface area contributed by atoms with Gasteiger partial charge >= 0.3 is 0 Å². The van der Waals surface area contributed by atoms with E-state index in [2.05, 4.69) is 16.1 Å². The molecule has 4 rings (SSSR count). The quantitative estimate of drug-likeness (QED) is 0.404. The summed E-state index contributed by atoms with van der Waals surface area (Å²) in [5.41, 5.74) is 10.6. The highest BCUT2D eigenvalue weighted by atomic mass is 16.5. The number of benzene rings is 1. The third-order valence-electron chi connectivity index (χ3n) is 5.26. The second kappa shape index (κ2) is 9.11. The van der Waals surface area contributed by atoms with Crippen molar-refractivity contribution in [3.8, 4) is 17.1 Å². The number of primary amides is 1. The van der Waals surface area contributed by atoms with Crippen molar-refractivity contribution < 1.29 is 14.3 Å². The standard InChI is InChI=1S/C23H24N6O3/c1-15-4-3-5-16(10-15)18-13-25-29(14-18)23-26-20-12-17(21(24)31)11-19(20)22(27-23)28(2)6-8-32-9-7-30/h3-5,7,10,12-14H,6,8-9,11H2,1-2H3,(H2,24,31). The van der Waals surface area contributed by atoms with Crippen LogP contribution in [0.1, 0.15) is 16.8 Å². The number of likely N-dealkylation sites (N-methyl/N-ethyl adjacent to an activating group) is 1. The zero-order valence-electron chi connectivity index (χ0n) is 18.0. The van der Waals surface area contributed by atoms with E-state index in [0.717, 1.165) is 22.3 Å². The largest absolute Gasteiger partial charge is 0.372 e. The first kappa shape index (κ1) is 21.4. The van der Waals surface area contributed by atoms with Crippen LogP contribution < -0.4 is 10.6 Å². The van der Waals surface area contributed by atoms with Gasteiger partial charge in [-0.2, -0.15) is 10.1 Å². The molecular formula is C23H24N6O3. The molecule has 2 heterocycles. The summed E-state index contributed by atoms with van der Waals surface area (Å²) in [5.74, 6) is 0.577. The minimum atomic E-state index is -0.478. The van der Waals surface area contributed by atoms with Crippen LogP contribution >= 0.6 is 0 Å². The number of rotatable bonds is 9. The van der Waals surface area contributed by atoms with E-state index >= 15 is 0 Å². The van der Waals surface area contributed by atoms with E-state index in [1.54, 1.807) is 17.0 Å². The first-order chi connectivity index (χ1) is 15.5. The van der Waals surface area contributed by atoms with E-state index in [4.69, 9.17) is 15.5 Å². The summed E-state index contributed by atoms with van der Waals surface area (Å²) in [5, 5.41) is 4.46. The highest BCUT2D eigenvalue weighted by molar-refractivity contribution is 5.99. The lowest BCUT2D eigenvalue weighted by molar-refractivity contribution is -0.114. The number of fused-ring (bicyclic) bond motifs is 1. The van der Waals surface area contributed by atoms with E-state index < -0.39 is 5.91 Å². The van der Waals surface area contributed by atoms with Crippen LogP contribution in [0.4, 0.5) is 5.82 Å². The normalized spacial score (nSPS) is 12.4. The maximum atomic E-state index is 11.8. The Bertz CT molecular complexity index is 1200. The summed E-state index contributed by atoms with van der Waals surface area (Å²) in [6.45, 7) is 2.96. The maximum absolute atomic E-state index is 11.8. The van der Waals surface area contributed by atoms with Crippen LogP contribution in [0.5, 0.6) is 0 Å². The lowest BCUT2D eigenvalue weighted by Crippen LogP contribution is -2.26. The molecule has 164 valence electrons. The van der Waals surface area contributed by atoms with E-state index in [0.29, 0.717) is 48.9 Å². The number of carbonyl (C=O) groups excluding carboxylic acids is 2. The first-order valence-corrected chi connectivity index (χ1v) is 10.2. The molecule has 9 heteroatoms. The van der Waals surface area contributed by atoms with Gasteiger partial charge in [0.1, 0.15) is 18.7 Å². The summed E-state index contributed by atoms with van der Waals surface area (Å²) in [7, 11) is 1.88. The third kappa shape index (κ3) is 4.42. The molecule has 32 heavy (non-hydrogen) atoms. The van der Waals surface area contributed by atoms with Crippen molar-refractivity contribution in [1.29, 1.82) is 0 Å². The third-order valence-corrected chi connectivity index (χ3v) is 5.26. The number of aryl methyl sites for hydroxylation is 1. The second-order valence-corrected chi connectivity index (χ2v) is 7.63. The van der Waals surface area contributed by atoms with Crippen LogP contribution in [0.25, 0.3) is 23.2 Å². The predicted molar refractivity (Wildman–Crippen MR) is 120 cm³/mol. The van der Waals surface area contributed by atoms with Gasteiger partial charge in [0.05, 0.1) is 18.5 Å². The minimum Gasteiger partial charge on any atom is -0.372 e. The highest BCUT2D eigenvalue weighted by Gasteiger charge is 2.25. The Kier molecular flexibility index (Phi) is 6.09. The maximum Gasteiger partial charge on any atom is 0.253 e. The summed E-state index contributed by atoms with van der Waals surface area (Å²) >= 11 is 0. The summed E-state index contributed by atoms with van der Waals surface area (Å²) in [6.07, 6.45) is 6.43. The molecule has 0 saturated carbocycles. The zero-order chi connectivity index (χ0) is 22.7. The molecule has 3 aromatic rings. The Morgan fingerprint density at radius 2 is 2.16 bits per heavy atom. The number of aromatic nitrogens is 4. The van der Waals surface area contributed by atoms with Gasteiger partial charge < -0.3 is 20.2 Å². The lowest BCUT2D eigenvalue weighted by atomic mass is 10.1. The first-order valence-electron chi connectivity index (χ1n) is 10.2. The molecule has 2 N–H and O–H groups in total. The molecule has 2 aromatic heterocycles. The molecule has 1 aromatic carbocycles. The van der Waals surface area contributed by atoms with E-state index in [1.807, 2.05) is 43.3 Å². The van der Waals surface area contributed by atoms with Crippen molar-refractivity contribution in [3.63, 3.8) is 0 Å². The molecule has 0 spiro atoms. The van der Waals surface area contributed by atoms with Crippen molar-refractivity contribution in [2.75, 3.05) is 31.7 Å². The van der Waals surface area contributed by atoms with Crippen LogP contribution in [-0.4, -0.2) is 58.7 Å².